The van der Waals surface area contributed by atoms with Crippen LogP contribution in [0.25, 0.3) is 11.0 Å². The molecule has 0 amide bonds. The number of nitrogens with zero attached hydrogens (tertiary/aromatic N) is 5. The van der Waals surface area contributed by atoms with E-state index in [0.29, 0.717) is 43.0 Å². The zero-order valence-corrected chi connectivity index (χ0v) is 18.6. The van der Waals surface area contributed by atoms with Gasteiger partial charge in [-0.2, -0.15) is 9.29 Å². The molecule has 0 atom stereocenters. The van der Waals surface area contributed by atoms with Crippen LogP contribution in [0.3, 0.4) is 0 Å². The largest absolute Gasteiger partial charge is 0.403 e. The van der Waals surface area contributed by atoms with Crippen LogP contribution in [0.4, 0.5) is 5.82 Å². The highest BCUT2D eigenvalue weighted by atomic mass is 79.9. The van der Waals surface area contributed by atoms with Gasteiger partial charge < -0.3 is 9.74 Å². The van der Waals surface area contributed by atoms with Crippen molar-refractivity contribution in [2.45, 2.75) is 6.61 Å². The second-order valence-electron chi connectivity index (χ2n) is 6.95. The summed E-state index contributed by atoms with van der Waals surface area (Å²) in [7, 11) is -3.25. The molecule has 0 unspecified atom stereocenters. The molecule has 3 heterocycles. The van der Waals surface area contributed by atoms with Gasteiger partial charge in [0.1, 0.15) is 12.4 Å². The molecular weight excluding hydrogens is 474 g/mol. The van der Waals surface area contributed by atoms with E-state index in [2.05, 4.69) is 25.9 Å². The second kappa shape index (κ2) is 8.32. The Hall–Kier alpha value is -2.50. The van der Waals surface area contributed by atoms with E-state index < -0.39 is 15.7 Å². The number of hydrogen-bond donors (Lipinski definition) is 0. The maximum atomic E-state index is 12.8. The first kappa shape index (κ1) is 20.8. The number of rotatable bonds is 5. The van der Waals surface area contributed by atoms with Crippen molar-refractivity contribution in [2.75, 3.05) is 37.3 Å². The maximum absolute atomic E-state index is 12.8. The maximum Gasteiger partial charge on any atom is 0.384 e. The molecule has 0 N–H and O–H groups in total. The topological polar surface area (TPSA) is 97.6 Å². The summed E-state index contributed by atoms with van der Waals surface area (Å²) in [5.41, 5.74) is 0.694. The van der Waals surface area contributed by atoms with Crippen LogP contribution in [0.15, 0.2) is 51.9 Å². The van der Waals surface area contributed by atoms with E-state index in [1.54, 1.807) is 6.20 Å². The van der Waals surface area contributed by atoms with E-state index in [1.807, 2.05) is 41.3 Å². The fraction of sp³-hybridized carbons (Fsp3) is 0.316. The third-order valence-electron chi connectivity index (χ3n) is 4.85. The van der Waals surface area contributed by atoms with Gasteiger partial charge in [0.2, 0.25) is 10.0 Å². The van der Waals surface area contributed by atoms with Crippen LogP contribution in [0.5, 0.6) is 0 Å². The molecule has 1 aromatic carbocycles. The van der Waals surface area contributed by atoms with E-state index in [1.165, 1.54) is 10.6 Å². The Labute approximate surface area is 182 Å². The Balaban J connectivity index is 1.68. The highest BCUT2D eigenvalue weighted by Crippen LogP contribution is 2.25. The highest BCUT2D eigenvalue weighted by Gasteiger charge is 2.26. The first-order valence-corrected chi connectivity index (χ1v) is 11.9. The van der Waals surface area contributed by atoms with Gasteiger partial charge >= 0.3 is 5.69 Å². The molecule has 1 aliphatic heterocycles. The molecule has 11 heteroatoms. The molecule has 0 saturated carbocycles. The van der Waals surface area contributed by atoms with E-state index in [9.17, 15) is 13.2 Å². The van der Waals surface area contributed by atoms with Crippen molar-refractivity contribution in [3.05, 3.63) is 63.1 Å². The van der Waals surface area contributed by atoms with Crippen LogP contribution >= 0.6 is 15.9 Å². The molecule has 0 spiro atoms. The summed E-state index contributed by atoms with van der Waals surface area (Å²) in [6.45, 7) is 1.71. The Morgan fingerprint density at radius 3 is 2.50 bits per heavy atom. The van der Waals surface area contributed by atoms with Crippen molar-refractivity contribution in [2.24, 2.45) is 0 Å². The van der Waals surface area contributed by atoms with E-state index in [-0.39, 0.29) is 6.61 Å². The monoisotopic (exact) mass is 493 g/mol. The Morgan fingerprint density at radius 1 is 1.13 bits per heavy atom. The van der Waals surface area contributed by atoms with Crippen LogP contribution in [0, 0.1) is 0 Å². The number of benzene rings is 1. The number of piperazine rings is 1. The van der Waals surface area contributed by atoms with Crippen LogP contribution in [0.1, 0.15) is 5.56 Å². The van der Waals surface area contributed by atoms with Gasteiger partial charge in [-0.1, -0.05) is 30.3 Å². The lowest BCUT2D eigenvalue weighted by Gasteiger charge is -2.34. The molecule has 3 aromatic rings. The number of aromatic nitrogens is 3. The fourth-order valence-corrected chi connectivity index (χ4v) is 4.51. The molecule has 1 saturated heterocycles. The van der Waals surface area contributed by atoms with Crippen molar-refractivity contribution in [3.63, 3.8) is 0 Å². The van der Waals surface area contributed by atoms with Crippen molar-refractivity contribution in [1.29, 1.82) is 0 Å². The zero-order valence-electron chi connectivity index (χ0n) is 16.2. The Bertz CT molecular complexity index is 1220. The van der Waals surface area contributed by atoms with Gasteiger partial charge in [0.25, 0.3) is 0 Å². The summed E-state index contributed by atoms with van der Waals surface area (Å²) < 4.78 is 26.8. The summed E-state index contributed by atoms with van der Waals surface area (Å²) in [4.78, 5) is 29.0. The van der Waals surface area contributed by atoms with E-state index in [0.717, 1.165) is 14.8 Å². The minimum atomic E-state index is -3.25. The van der Waals surface area contributed by atoms with Crippen LogP contribution < -0.4 is 15.4 Å². The van der Waals surface area contributed by atoms with Gasteiger partial charge in [-0.3, -0.25) is 0 Å². The molecule has 158 valence electrons. The minimum Gasteiger partial charge on any atom is -0.403 e. The third kappa shape index (κ3) is 4.32. The van der Waals surface area contributed by atoms with Gasteiger partial charge in [0.15, 0.2) is 5.65 Å². The number of pyridine rings is 1. The summed E-state index contributed by atoms with van der Waals surface area (Å²) in [5, 5.41) is 0.643. The van der Waals surface area contributed by atoms with Gasteiger partial charge in [0.05, 0.1) is 11.6 Å². The third-order valence-corrected chi connectivity index (χ3v) is 6.59. The summed E-state index contributed by atoms with van der Waals surface area (Å²) in [6.07, 6.45) is 2.79. The number of anilines is 1. The predicted molar refractivity (Wildman–Crippen MR) is 117 cm³/mol. The fourth-order valence-electron chi connectivity index (χ4n) is 3.35. The highest BCUT2D eigenvalue weighted by molar-refractivity contribution is 9.10. The smallest absolute Gasteiger partial charge is 0.384 e. The molecule has 2 aromatic heterocycles. The average molecular weight is 494 g/mol. The molecule has 0 aliphatic carbocycles. The van der Waals surface area contributed by atoms with Crippen molar-refractivity contribution < 1.29 is 13.3 Å². The average Bonchev–Trinajstić information content (AvgIpc) is 2.73. The normalized spacial score (nSPS) is 15.5. The summed E-state index contributed by atoms with van der Waals surface area (Å²) in [6, 6.07) is 11.3. The quantitative estimate of drug-likeness (QED) is 0.527. The summed E-state index contributed by atoms with van der Waals surface area (Å²) >= 11 is 3.42. The molecule has 1 aliphatic rings. The van der Waals surface area contributed by atoms with Gasteiger partial charge in [-0.15, -0.1) is 4.73 Å². The van der Waals surface area contributed by atoms with Gasteiger partial charge in [-0.05, 0) is 27.6 Å². The first-order valence-electron chi connectivity index (χ1n) is 9.28. The number of halogens is 1. The molecule has 0 bridgehead atoms. The molecular formula is C19H20BrN5O4S. The van der Waals surface area contributed by atoms with Crippen LogP contribution in [-0.4, -0.2) is 59.9 Å². The lowest BCUT2D eigenvalue weighted by atomic mass is 10.2. The second-order valence-corrected chi connectivity index (χ2v) is 9.84. The number of hydrogen-bond acceptors (Lipinski definition) is 7. The number of sulfonamides is 1. The lowest BCUT2D eigenvalue weighted by Crippen LogP contribution is -2.49. The minimum absolute atomic E-state index is 0.196. The van der Waals surface area contributed by atoms with Crippen LogP contribution in [-0.2, 0) is 16.6 Å². The van der Waals surface area contributed by atoms with Crippen molar-refractivity contribution in [1.82, 2.24) is 19.0 Å². The number of fused-ring (bicyclic) bond motifs is 1. The van der Waals surface area contributed by atoms with Crippen molar-refractivity contribution in [3.8, 4) is 0 Å². The van der Waals surface area contributed by atoms with E-state index in [4.69, 9.17) is 4.84 Å². The molecule has 9 nitrogen and oxygen atoms in total. The van der Waals surface area contributed by atoms with Gasteiger partial charge in [0, 0.05) is 36.8 Å². The molecule has 0 radical (unpaired) electrons. The zero-order chi connectivity index (χ0) is 21.3. The Kier molecular flexibility index (Phi) is 5.76. The molecule has 4 rings (SSSR count). The van der Waals surface area contributed by atoms with Gasteiger partial charge in [-0.25, -0.2) is 18.2 Å². The molecule has 30 heavy (non-hydrogen) atoms. The first-order chi connectivity index (χ1) is 14.3. The van der Waals surface area contributed by atoms with Crippen molar-refractivity contribution >= 4 is 42.8 Å². The molecule has 1 fully saturated rings. The predicted octanol–water partition coefficient (Wildman–Crippen LogP) is 1.26. The SMILES string of the molecule is CS(=O)(=O)N1CCN(c2nc(=O)n(OCc3ccccc3)c3ncc(Br)cc23)CC1. The Morgan fingerprint density at radius 2 is 1.83 bits per heavy atom. The van der Waals surface area contributed by atoms with E-state index >= 15 is 0 Å². The van der Waals surface area contributed by atoms with Crippen LogP contribution in [0.2, 0.25) is 0 Å². The summed E-state index contributed by atoms with van der Waals surface area (Å²) in [5.74, 6) is 0.469. The lowest BCUT2D eigenvalue weighted by molar-refractivity contribution is 0.0950. The standard InChI is InChI=1S/C19H20BrN5O4S/c1-30(27,28)24-9-7-23(8-10-24)18-16-11-15(20)12-21-17(16)25(19(26)22-18)29-13-14-5-3-2-4-6-14/h2-6,11-12H,7-10,13H2,1H3.